The van der Waals surface area contributed by atoms with Gasteiger partial charge >= 0.3 is 5.69 Å². The Morgan fingerprint density at radius 2 is 1.81 bits per heavy atom. The monoisotopic (exact) mass is 448 g/mol. The van der Waals surface area contributed by atoms with Crippen molar-refractivity contribution in [1.29, 1.82) is 0 Å². The molecule has 0 spiro atoms. The molecule has 0 aliphatic rings. The lowest BCUT2D eigenvalue weighted by Crippen LogP contribution is -2.19. The Morgan fingerprint density at radius 3 is 2.43 bits per heavy atom. The molecule has 0 aliphatic heterocycles. The van der Waals surface area contributed by atoms with Crippen molar-refractivity contribution in [2.45, 2.75) is 5.38 Å². The number of hydrogen-bond donors (Lipinski definition) is 0. The van der Waals surface area contributed by atoms with Gasteiger partial charge < -0.3 is 0 Å². The van der Waals surface area contributed by atoms with Crippen LogP contribution in [0.1, 0.15) is 15.8 Å². The van der Waals surface area contributed by atoms with Crippen LogP contribution in [-0.2, 0) is 14.1 Å². The lowest BCUT2D eigenvalue weighted by atomic mass is 10.1. The average molecular weight is 451 g/mol. The number of aryl methyl sites for hydroxylation is 2. The first-order valence-electron chi connectivity index (χ1n) is 6.14. The summed E-state index contributed by atoms with van der Waals surface area (Å²) in [4.78, 5) is 13.0. The normalized spacial score (nSPS) is 13.0. The van der Waals surface area contributed by atoms with Crippen molar-refractivity contribution in [3.05, 3.63) is 53.4 Å². The summed E-state index contributed by atoms with van der Waals surface area (Å²) >= 11 is 15.2. The molecule has 2 aromatic heterocycles. The van der Waals surface area contributed by atoms with E-state index in [0.717, 1.165) is 29.7 Å². The Morgan fingerprint density at radius 1 is 1.14 bits per heavy atom. The zero-order valence-corrected chi connectivity index (χ0v) is 16.0. The van der Waals surface area contributed by atoms with Crippen LogP contribution in [0.25, 0.3) is 11.0 Å². The number of halogens is 3. The van der Waals surface area contributed by atoms with Crippen LogP contribution in [-0.4, -0.2) is 9.13 Å². The van der Waals surface area contributed by atoms with Gasteiger partial charge in [-0.3, -0.25) is 9.13 Å². The second-order valence-electron chi connectivity index (χ2n) is 4.78. The molecule has 0 amide bonds. The van der Waals surface area contributed by atoms with Gasteiger partial charge in [0, 0.05) is 23.4 Å². The fraction of sp³-hybridized carbons (Fsp3) is 0.214. The molecule has 0 fully saturated rings. The van der Waals surface area contributed by atoms with Crippen molar-refractivity contribution in [2.75, 3.05) is 0 Å². The van der Waals surface area contributed by atoms with E-state index in [0.29, 0.717) is 0 Å². The maximum atomic E-state index is 12.0. The van der Waals surface area contributed by atoms with Crippen LogP contribution in [0.4, 0.5) is 0 Å². The van der Waals surface area contributed by atoms with Crippen LogP contribution in [0.3, 0.4) is 0 Å². The summed E-state index contributed by atoms with van der Waals surface area (Å²) in [6.07, 6.45) is 0. The van der Waals surface area contributed by atoms with Gasteiger partial charge in [0.1, 0.15) is 0 Å². The predicted molar refractivity (Wildman–Crippen MR) is 95.6 cm³/mol. The number of thiophene rings is 1. The largest absolute Gasteiger partial charge is 0.328 e. The molecule has 3 aromatic rings. The van der Waals surface area contributed by atoms with Crippen LogP contribution in [0.5, 0.6) is 0 Å². The maximum absolute atomic E-state index is 12.0. The molecule has 0 bridgehead atoms. The van der Waals surface area contributed by atoms with Gasteiger partial charge in [0.25, 0.3) is 0 Å². The molecule has 21 heavy (non-hydrogen) atoms. The van der Waals surface area contributed by atoms with Crippen LogP contribution in [0.2, 0.25) is 0 Å². The third-order valence-electron chi connectivity index (χ3n) is 3.50. The lowest BCUT2D eigenvalue weighted by molar-refractivity contribution is 0.795. The van der Waals surface area contributed by atoms with E-state index < -0.39 is 0 Å². The number of rotatable bonds is 2. The van der Waals surface area contributed by atoms with E-state index >= 15 is 0 Å². The molecule has 1 atom stereocenters. The number of benzene rings is 1. The molecule has 3 rings (SSSR count). The minimum atomic E-state index is -0.239. The zero-order valence-electron chi connectivity index (χ0n) is 11.2. The van der Waals surface area contributed by atoms with E-state index in [4.69, 9.17) is 11.6 Å². The van der Waals surface area contributed by atoms with Crippen molar-refractivity contribution in [3.63, 3.8) is 0 Å². The molecule has 7 heteroatoms. The first-order valence-corrected chi connectivity index (χ1v) is 8.98. The number of nitrogens with zero attached hydrogens (tertiary/aromatic N) is 2. The van der Waals surface area contributed by atoms with Crippen molar-refractivity contribution >= 4 is 65.8 Å². The van der Waals surface area contributed by atoms with E-state index in [1.165, 1.54) is 0 Å². The average Bonchev–Trinajstić information content (AvgIpc) is 2.92. The van der Waals surface area contributed by atoms with Gasteiger partial charge in [0.05, 0.1) is 20.2 Å². The molecule has 0 radical (unpaired) electrons. The summed E-state index contributed by atoms with van der Waals surface area (Å²) in [5.41, 5.74) is 2.74. The van der Waals surface area contributed by atoms with Gasteiger partial charge in [0.2, 0.25) is 0 Å². The van der Waals surface area contributed by atoms with Crippen molar-refractivity contribution in [2.24, 2.45) is 14.1 Å². The number of alkyl halides is 1. The molecule has 3 nitrogen and oxygen atoms in total. The van der Waals surface area contributed by atoms with Gasteiger partial charge in [-0.25, -0.2) is 4.79 Å². The second-order valence-corrected chi connectivity index (χ2v) is 8.47. The molecule has 0 saturated heterocycles. The van der Waals surface area contributed by atoms with E-state index in [9.17, 15) is 4.79 Å². The van der Waals surface area contributed by atoms with Crippen molar-refractivity contribution in [1.82, 2.24) is 9.13 Å². The fourth-order valence-corrected chi connectivity index (χ4v) is 4.76. The Bertz CT molecular complexity index is 877. The zero-order chi connectivity index (χ0) is 15.3. The summed E-state index contributed by atoms with van der Waals surface area (Å²) < 4.78 is 5.31. The predicted octanol–water partition coefficient (Wildman–Crippen LogP) is 4.79. The molecule has 0 N–H and O–H groups in total. The molecule has 1 aromatic carbocycles. The lowest BCUT2D eigenvalue weighted by Gasteiger charge is -2.08. The maximum Gasteiger partial charge on any atom is 0.328 e. The van der Waals surface area contributed by atoms with Crippen LogP contribution in [0, 0.1) is 0 Å². The summed E-state index contributed by atoms with van der Waals surface area (Å²) in [7, 11) is 3.55. The van der Waals surface area contributed by atoms with E-state index in [1.807, 2.05) is 24.3 Å². The fourth-order valence-electron chi connectivity index (χ4n) is 2.33. The summed E-state index contributed by atoms with van der Waals surface area (Å²) in [5, 5.41) is -0.239. The van der Waals surface area contributed by atoms with Gasteiger partial charge in [-0.2, -0.15) is 0 Å². The third-order valence-corrected chi connectivity index (χ3v) is 7.44. The Hall–Kier alpha value is -0.560. The molecule has 110 valence electrons. The van der Waals surface area contributed by atoms with E-state index in [-0.39, 0.29) is 11.1 Å². The first kappa shape index (κ1) is 15.3. The van der Waals surface area contributed by atoms with E-state index in [2.05, 4.69) is 31.9 Å². The smallest absolute Gasteiger partial charge is 0.295 e. The van der Waals surface area contributed by atoms with Gasteiger partial charge in [0.15, 0.2) is 0 Å². The highest BCUT2D eigenvalue weighted by Gasteiger charge is 2.17. The highest BCUT2D eigenvalue weighted by molar-refractivity contribution is 9.13. The minimum Gasteiger partial charge on any atom is -0.295 e. The molecule has 0 aliphatic carbocycles. The van der Waals surface area contributed by atoms with Crippen molar-refractivity contribution in [3.8, 4) is 0 Å². The van der Waals surface area contributed by atoms with Gasteiger partial charge in [-0.1, -0.05) is 6.07 Å². The van der Waals surface area contributed by atoms with Crippen molar-refractivity contribution < 1.29 is 0 Å². The number of fused-ring (bicyclic) bond motifs is 1. The number of aromatic nitrogens is 2. The second kappa shape index (κ2) is 5.57. The molecule has 1 unspecified atom stereocenters. The van der Waals surface area contributed by atoms with Crippen LogP contribution in [0.15, 0.2) is 37.3 Å². The Balaban J connectivity index is 2.12. The number of hydrogen-bond acceptors (Lipinski definition) is 2. The summed E-state index contributed by atoms with van der Waals surface area (Å²) in [6, 6.07) is 7.91. The summed E-state index contributed by atoms with van der Waals surface area (Å²) in [6.45, 7) is 0. The molecular formula is C14H11Br2ClN2OS. The Kier molecular flexibility index (Phi) is 4.07. The van der Waals surface area contributed by atoms with Gasteiger partial charge in [-0.05, 0) is 55.6 Å². The van der Waals surface area contributed by atoms with Crippen LogP contribution >= 0.6 is 54.8 Å². The van der Waals surface area contributed by atoms with Crippen LogP contribution < -0.4 is 5.69 Å². The third kappa shape index (κ3) is 2.52. The molecular weight excluding hydrogens is 439 g/mol. The molecule has 2 heterocycles. The highest BCUT2D eigenvalue weighted by Crippen LogP contribution is 2.40. The Labute approximate surface area is 147 Å². The number of imidazole rings is 1. The standard InChI is InChI=1S/C14H11Br2ClN2OS/c1-18-9-4-3-7(5-10(9)19(2)14(18)20)12(17)11-6-8(15)13(16)21-11/h3-6,12H,1-2H3. The SMILES string of the molecule is Cn1c(=O)n(C)c2cc(C(Cl)c3cc(Br)c(Br)s3)ccc21. The first-order chi connectivity index (χ1) is 9.90. The quantitative estimate of drug-likeness (QED) is 0.516. The highest BCUT2D eigenvalue weighted by atomic mass is 79.9. The van der Waals surface area contributed by atoms with Gasteiger partial charge in [-0.15, -0.1) is 22.9 Å². The molecule has 0 saturated carbocycles. The topological polar surface area (TPSA) is 26.9 Å². The minimum absolute atomic E-state index is 0.0325. The van der Waals surface area contributed by atoms with E-state index in [1.54, 1.807) is 34.6 Å². The summed E-state index contributed by atoms with van der Waals surface area (Å²) in [5.74, 6) is 0.